The fourth-order valence-electron chi connectivity index (χ4n) is 1.38. The molecule has 0 aliphatic heterocycles. The number of nitrogens with one attached hydrogen (secondary N) is 1. The highest BCUT2D eigenvalue weighted by Crippen LogP contribution is 2.24. The number of benzene rings is 1. The molecule has 0 aliphatic carbocycles. The molecule has 0 saturated carbocycles. The third-order valence-electron chi connectivity index (χ3n) is 2.70. The van der Waals surface area contributed by atoms with Crippen LogP contribution in [0.15, 0.2) is 24.3 Å². The van der Waals surface area contributed by atoms with Gasteiger partial charge < -0.3 is 14.8 Å². The molecule has 0 radical (unpaired) electrons. The van der Waals surface area contributed by atoms with Crippen molar-refractivity contribution in [2.75, 3.05) is 19.0 Å². The number of anilines is 1. The van der Waals surface area contributed by atoms with E-state index in [1.807, 2.05) is 13.8 Å². The molecule has 6 heteroatoms. The molecular weight excluding hydrogens is 259 g/mol. The van der Waals surface area contributed by atoms with Crippen LogP contribution in [0.1, 0.15) is 20.3 Å². The quantitative estimate of drug-likeness (QED) is 0.857. The first-order valence-electron chi connectivity index (χ1n) is 5.87. The summed E-state index contributed by atoms with van der Waals surface area (Å²) in [5, 5.41) is 3.11. The van der Waals surface area contributed by atoms with Gasteiger partial charge in [-0.15, -0.1) is 13.2 Å². The molecule has 3 nitrogen and oxygen atoms in total. The normalized spacial score (nSPS) is 12.3. The Balaban J connectivity index is 2.45. The average Bonchev–Trinajstić information content (AvgIpc) is 2.29. The minimum absolute atomic E-state index is 0.227. The van der Waals surface area contributed by atoms with E-state index < -0.39 is 6.36 Å². The SMILES string of the molecule is COC(C)(C)CCNc1ccc(OC(F)(F)F)cc1. The van der Waals surface area contributed by atoms with E-state index in [1.54, 1.807) is 19.2 Å². The molecule has 19 heavy (non-hydrogen) atoms. The minimum Gasteiger partial charge on any atom is -0.406 e. The lowest BCUT2D eigenvalue weighted by molar-refractivity contribution is -0.274. The van der Waals surface area contributed by atoms with E-state index in [-0.39, 0.29) is 11.4 Å². The molecule has 0 aliphatic rings. The Bertz CT molecular complexity index is 388. The van der Waals surface area contributed by atoms with Crippen LogP contribution in [0.5, 0.6) is 5.75 Å². The largest absolute Gasteiger partial charge is 0.573 e. The monoisotopic (exact) mass is 277 g/mol. The number of halogens is 3. The second-order valence-electron chi connectivity index (χ2n) is 4.71. The van der Waals surface area contributed by atoms with Crippen LogP contribution in [0.2, 0.25) is 0 Å². The summed E-state index contributed by atoms with van der Waals surface area (Å²) in [7, 11) is 1.64. The van der Waals surface area contributed by atoms with Crippen molar-refractivity contribution in [2.24, 2.45) is 0 Å². The van der Waals surface area contributed by atoms with Crippen LogP contribution in [-0.4, -0.2) is 25.6 Å². The fraction of sp³-hybridized carbons (Fsp3) is 0.538. The van der Waals surface area contributed by atoms with Crippen LogP contribution in [0.3, 0.4) is 0 Å². The topological polar surface area (TPSA) is 30.5 Å². The summed E-state index contributed by atoms with van der Waals surface area (Å²) in [6.45, 7) is 4.60. The molecule has 1 aromatic carbocycles. The Labute approximate surface area is 110 Å². The Morgan fingerprint density at radius 1 is 1.11 bits per heavy atom. The predicted molar refractivity (Wildman–Crippen MR) is 67.3 cm³/mol. The van der Waals surface area contributed by atoms with Gasteiger partial charge in [0.25, 0.3) is 0 Å². The van der Waals surface area contributed by atoms with Crippen molar-refractivity contribution in [3.8, 4) is 5.75 Å². The van der Waals surface area contributed by atoms with Gasteiger partial charge in [0.15, 0.2) is 0 Å². The van der Waals surface area contributed by atoms with Gasteiger partial charge in [-0.25, -0.2) is 0 Å². The molecule has 1 rings (SSSR count). The number of hydrogen-bond acceptors (Lipinski definition) is 3. The maximum absolute atomic E-state index is 12.0. The summed E-state index contributed by atoms with van der Waals surface area (Å²) in [4.78, 5) is 0. The van der Waals surface area contributed by atoms with Gasteiger partial charge in [-0.1, -0.05) is 0 Å². The van der Waals surface area contributed by atoms with Crippen LogP contribution < -0.4 is 10.1 Å². The van der Waals surface area contributed by atoms with Crippen molar-refractivity contribution in [1.29, 1.82) is 0 Å². The molecule has 0 spiro atoms. The van der Waals surface area contributed by atoms with Crippen LogP contribution in [0.25, 0.3) is 0 Å². The van der Waals surface area contributed by atoms with Crippen molar-refractivity contribution in [3.63, 3.8) is 0 Å². The Kier molecular flexibility index (Phi) is 5.05. The molecule has 0 amide bonds. The van der Waals surface area contributed by atoms with Gasteiger partial charge in [-0.05, 0) is 44.5 Å². The smallest absolute Gasteiger partial charge is 0.406 e. The second kappa shape index (κ2) is 6.14. The van der Waals surface area contributed by atoms with Gasteiger partial charge in [0.1, 0.15) is 5.75 Å². The van der Waals surface area contributed by atoms with Crippen molar-refractivity contribution in [2.45, 2.75) is 32.2 Å². The molecule has 0 heterocycles. The van der Waals surface area contributed by atoms with Crippen LogP contribution in [0, 0.1) is 0 Å². The number of alkyl halides is 3. The first-order chi connectivity index (χ1) is 8.72. The highest BCUT2D eigenvalue weighted by atomic mass is 19.4. The van der Waals surface area contributed by atoms with Crippen LogP contribution >= 0.6 is 0 Å². The van der Waals surface area contributed by atoms with E-state index in [9.17, 15) is 13.2 Å². The zero-order chi connectivity index (χ0) is 14.5. The molecule has 108 valence electrons. The van der Waals surface area contributed by atoms with E-state index in [0.29, 0.717) is 6.54 Å². The number of ether oxygens (including phenoxy) is 2. The summed E-state index contributed by atoms with van der Waals surface area (Å²) in [5.41, 5.74) is 0.508. The molecule has 0 unspecified atom stereocenters. The highest BCUT2D eigenvalue weighted by Gasteiger charge is 2.30. The van der Waals surface area contributed by atoms with Crippen molar-refractivity contribution >= 4 is 5.69 Å². The van der Waals surface area contributed by atoms with Crippen LogP contribution in [0.4, 0.5) is 18.9 Å². The predicted octanol–water partition coefficient (Wildman–Crippen LogP) is 3.81. The second-order valence-corrected chi connectivity index (χ2v) is 4.71. The van der Waals surface area contributed by atoms with E-state index >= 15 is 0 Å². The van der Waals surface area contributed by atoms with Gasteiger partial charge in [-0.3, -0.25) is 0 Å². The van der Waals surface area contributed by atoms with Gasteiger partial charge in [0.05, 0.1) is 5.60 Å². The number of hydrogen-bond donors (Lipinski definition) is 1. The molecule has 1 aromatic rings. The van der Waals surface area contributed by atoms with E-state index in [2.05, 4.69) is 10.1 Å². The lowest BCUT2D eigenvalue weighted by Gasteiger charge is -2.23. The fourth-order valence-corrected chi connectivity index (χ4v) is 1.38. The Hall–Kier alpha value is -1.43. The minimum atomic E-state index is -4.66. The molecular formula is C13H18F3NO2. The van der Waals surface area contributed by atoms with Crippen molar-refractivity contribution < 1.29 is 22.6 Å². The zero-order valence-corrected chi connectivity index (χ0v) is 11.2. The molecule has 1 N–H and O–H groups in total. The Morgan fingerprint density at radius 3 is 2.16 bits per heavy atom. The summed E-state index contributed by atoms with van der Waals surface area (Å²) >= 11 is 0. The summed E-state index contributed by atoms with van der Waals surface area (Å²) in [5.74, 6) is -0.227. The molecule has 0 saturated heterocycles. The summed E-state index contributed by atoms with van der Waals surface area (Å²) in [6, 6.07) is 5.64. The van der Waals surface area contributed by atoms with Crippen molar-refractivity contribution in [3.05, 3.63) is 24.3 Å². The van der Waals surface area contributed by atoms with Gasteiger partial charge in [0.2, 0.25) is 0 Å². The highest BCUT2D eigenvalue weighted by molar-refractivity contribution is 5.46. The van der Waals surface area contributed by atoms with Gasteiger partial charge in [-0.2, -0.15) is 0 Å². The van der Waals surface area contributed by atoms with E-state index in [4.69, 9.17) is 4.74 Å². The zero-order valence-electron chi connectivity index (χ0n) is 11.2. The lowest BCUT2D eigenvalue weighted by Crippen LogP contribution is -2.25. The third-order valence-corrected chi connectivity index (χ3v) is 2.70. The first kappa shape index (κ1) is 15.6. The molecule has 0 bridgehead atoms. The molecule has 0 aromatic heterocycles. The first-order valence-corrected chi connectivity index (χ1v) is 5.87. The summed E-state index contributed by atoms with van der Waals surface area (Å²) < 4.78 is 44.9. The summed E-state index contributed by atoms with van der Waals surface area (Å²) in [6.07, 6.45) is -3.87. The Morgan fingerprint density at radius 2 is 1.68 bits per heavy atom. The van der Waals surface area contributed by atoms with Gasteiger partial charge in [0, 0.05) is 19.3 Å². The lowest BCUT2D eigenvalue weighted by atomic mass is 10.1. The van der Waals surface area contributed by atoms with Crippen molar-refractivity contribution in [1.82, 2.24) is 0 Å². The maximum atomic E-state index is 12.0. The number of rotatable bonds is 6. The van der Waals surface area contributed by atoms with E-state index in [0.717, 1.165) is 12.1 Å². The molecule has 0 atom stereocenters. The molecule has 0 fully saturated rings. The number of methoxy groups -OCH3 is 1. The third kappa shape index (κ3) is 6.33. The standard InChI is InChI=1S/C13H18F3NO2/c1-12(2,18-3)8-9-17-10-4-6-11(7-5-10)19-13(14,15)16/h4-7,17H,8-9H2,1-3H3. The van der Waals surface area contributed by atoms with Gasteiger partial charge >= 0.3 is 6.36 Å². The average molecular weight is 277 g/mol. The van der Waals surface area contributed by atoms with E-state index in [1.165, 1.54) is 12.1 Å². The van der Waals surface area contributed by atoms with Crippen LogP contribution in [-0.2, 0) is 4.74 Å². The maximum Gasteiger partial charge on any atom is 0.573 e.